The summed E-state index contributed by atoms with van der Waals surface area (Å²) in [5, 5.41) is 19.7. The molecule has 2 atom stereocenters. The molecule has 0 saturated carbocycles. The Morgan fingerprint density at radius 2 is 1.81 bits per heavy atom. The molecule has 0 aliphatic carbocycles. The van der Waals surface area contributed by atoms with Gasteiger partial charge < -0.3 is 20.4 Å². The Kier molecular flexibility index (Phi) is 5.81. The predicted molar refractivity (Wildman–Crippen MR) is 59.1 cm³/mol. The Morgan fingerprint density at radius 1 is 1.31 bits per heavy atom. The number of nitrogens with one attached hydrogen (secondary N) is 1. The van der Waals surface area contributed by atoms with E-state index >= 15 is 0 Å². The Bertz CT molecular complexity index is 255. The summed E-state index contributed by atoms with van der Waals surface area (Å²) in [5.74, 6) is -1.04. The highest BCUT2D eigenvalue weighted by Crippen LogP contribution is 2.07. The molecular formula is C10H20N2O4. The summed E-state index contributed by atoms with van der Waals surface area (Å²) in [6.07, 6.45) is -1.56. The largest absolute Gasteiger partial charge is 0.479 e. The molecule has 94 valence electrons. The van der Waals surface area contributed by atoms with Crippen LogP contribution in [0.5, 0.6) is 0 Å². The number of urea groups is 1. The smallest absolute Gasteiger partial charge is 0.334 e. The highest BCUT2D eigenvalue weighted by molar-refractivity contribution is 5.76. The number of aliphatic hydroxyl groups excluding tert-OH is 1. The maximum Gasteiger partial charge on any atom is 0.334 e. The minimum absolute atomic E-state index is 0.0435. The van der Waals surface area contributed by atoms with Crippen molar-refractivity contribution in [2.45, 2.75) is 32.9 Å². The third-order valence-electron chi connectivity index (χ3n) is 2.63. The van der Waals surface area contributed by atoms with Gasteiger partial charge >= 0.3 is 12.0 Å². The summed E-state index contributed by atoms with van der Waals surface area (Å²) >= 11 is 0. The summed E-state index contributed by atoms with van der Waals surface area (Å²) in [6, 6.07) is -0.344. The quantitative estimate of drug-likeness (QED) is 0.628. The van der Waals surface area contributed by atoms with Crippen LogP contribution in [0.15, 0.2) is 0 Å². The first kappa shape index (κ1) is 14.7. The molecule has 0 spiro atoms. The molecule has 0 rings (SSSR count). The van der Waals surface area contributed by atoms with E-state index in [0.717, 1.165) is 0 Å². The molecular weight excluding hydrogens is 212 g/mol. The summed E-state index contributed by atoms with van der Waals surface area (Å²) < 4.78 is 0. The van der Waals surface area contributed by atoms with Crippen molar-refractivity contribution in [3.63, 3.8) is 0 Å². The normalized spacial score (nSPS) is 14.4. The fourth-order valence-corrected chi connectivity index (χ4v) is 1.03. The number of hydrogen-bond acceptors (Lipinski definition) is 3. The third kappa shape index (κ3) is 4.48. The highest BCUT2D eigenvalue weighted by Gasteiger charge is 2.20. The second-order valence-electron chi connectivity index (χ2n) is 4.14. The number of carboxylic acid groups (broad SMARTS) is 1. The van der Waals surface area contributed by atoms with Crippen LogP contribution in [0, 0.1) is 5.92 Å². The molecule has 0 aromatic rings. The molecule has 6 heteroatoms. The van der Waals surface area contributed by atoms with Crippen LogP contribution < -0.4 is 5.32 Å². The zero-order valence-electron chi connectivity index (χ0n) is 10.1. The molecule has 0 radical (unpaired) electrons. The molecule has 0 saturated heterocycles. The van der Waals surface area contributed by atoms with Gasteiger partial charge in [-0.3, -0.25) is 0 Å². The van der Waals surface area contributed by atoms with Crippen molar-refractivity contribution in [2.24, 2.45) is 5.92 Å². The molecule has 6 nitrogen and oxygen atoms in total. The average Bonchev–Trinajstić information content (AvgIpc) is 2.22. The lowest BCUT2D eigenvalue weighted by Gasteiger charge is -2.28. The first-order chi connectivity index (χ1) is 7.27. The fraction of sp³-hybridized carbons (Fsp3) is 0.800. The van der Waals surface area contributed by atoms with E-state index in [1.807, 2.05) is 20.8 Å². The molecule has 0 aliphatic rings. The van der Waals surface area contributed by atoms with Gasteiger partial charge in [0.2, 0.25) is 0 Å². The zero-order chi connectivity index (χ0) is 12.9. The lowest BCUT2D eigenvalue weighted by atomic mass is 10.1. The molecule has 0 aliphatic heterocycles. The standard InChI is InChI=1S/C10H20N2O4/c1-6(2)7(3)12(4)10(16)11-5-8(13)9(14)15/h6-8,13H,5H2,1-4H3,(H,11,16)(H,14,15)/t7?,8-/m0/s1. The van der Waals surface area contributed by atoms with E-state index in [1.54, 1.807) is 7.05 Å². The number of aliphatic carboxylic acids is 1. The zero-order valence-corrected chi connectivity index (χ0v) is 10.1. The first-order valence-corrected chi connectivity index (χ1v) is 5.18. The van der Waals surface area contributed by atoms with Gasteiger partial charge in [0.25, 0.3) is 0 Å². The van der Waals surface area contributed by atoms with E-state index in [4.69, 9.17) is 10.2 Å². The van der Waals surface area contributed by atoms with Gasteiger partial charge in [-0.25, -0.2) is 9.59 Å². The van der Waals surface area contributed by atoms with Gasteiger partial charge in [-0.1, -0.05) is 13.8 Å². The van der Waals surface area contributed by atoms with Crippen molar-refractivity contribution in [3.8, 4) is 0 Å². The van der Waals surface area contributed by atoms with Gasteiger partial charge in [-0.2, -0.15) is 0 Å². The molecule has 0 heterocycles. The topological polar surface area (TPSA) is 89.9 Å². The van der Waals surface area contributed by atoms with Crippen LogP contribution in [0.3, 0.4) is 0 Å². The number of hydrogen-bond donors (Lipinski definition) is 3. The Balaban J connectivity index is 4.11. The van der Waals surface area contributed by atoms with Crippen LogP contribution in [0.25, 0.3) is 0 Å². The van der Waals surface area contributed by atoms with E-state index in [0.29, 0.717) is 5.92 Å². The van der Waals surface area contributed by atoms with Gasteiger partial charge in [0.05, 0.1) is 6.54 Å². The lowest BCUT2D eigenvalue weighted by Crippen LogP contribution is -2.47. The van der Waals surface area contributed by atoms with E-state index in [-0.39, 0.29) is 18.6 Å². The van der Waals surface area contributed by atoms with Crippen LogP contribution in [0.2, 0.25) is 0 Å². The number of aliphatic hydroxyl groups is 1. The summed E-state index contributed by atoms with van der Waals surface area (Å²) in [4.78, 5) is 23.3. The molecule has 0 aromatic carbocycles. The summed E-state index contributed by atoms with van der Waals surface area (Å²) in [7, 11) is 1.63. The van der Waals surface area contributed by atoms with Crippen LogP contribution in [-0.2, 0) is 4.79 Å². The highest BCUT2D eigenvalue weighted by atomic mass is 16.4. The molecule has 2 amide bonds. The molecule has 3 N–H and O–H groups in total. The Morgan fingerprint density at radius 3 is 2.19 bits per heavy atom. The Hall–Kier alpha value is -1.30. The van der Waals surface area contributed by atoms with Gasteiger partial charge in [0, 0.05) is 13.1 Å². The van der Waals surface area contributed by atoms with Crippen LogP contribution in [0.4, 0.5) is 4.79 Å². The van der Waals surface area contributed by atoms with E-state index in [9.17, 15) is 9.59 Å². The minimum atomic E-state index is -1.56. The lowest BCUT2D eigenvalue weighted by molar-refractivity contribution is -0.146. The SMILES string of the molecule is CC(C)C(C)N(C)C(=O)NC[C@H](O)C(=O)O. The van der Waals surface area contributed by atoms with Gasteiger partial charge in [-0.05, 0) is 12.8 Å². The van der Waals surface area contributed by atoms with E-state index in [1.165, 1.54) is 4.90 Å². The first-order valence-electron chi connectivity index (χ1n) is 5.18. The van der Waals surface area contributed by atoms with Crippen molar-refractivity contribution in [1.82, 2.24) is 10.2 Å². The van der Waals surface area contributed by atoms with E-state index in [2.05, 4.69) is 5.32 Å². The summed E-state index contributed by atoms with van der Waals surface area (Å²) in [5.41, 5.74) is 0. The average molecular weight is 232 g/mol. The van der Waals surface area contributed by atoms with Crippen LogP contribution in [0.1, 0.15) is 20.8 Å². The van der Waals surface area contributed by atoms with E-state index < -0.39 is 12.1 Å². The maximum atomic E-state index is 11.5. The van der Waals surface area contributed by atoms with Gasteiger partial charge in [0.1, 0.15) is 0 Å². The monoisotopic (exact) mass is 232 g/mol. The van der Waals surface area contributed by atoms with Crippen LogP contribution in [-0.4, -0.2) is 52.9 Å². The number of carbonyl (C=O) groups is 2. The number of carboxylic acids is 1. The third-order valence-corrected chi connectivity index (χ3v) is 2.63. The van der Waals surface area contributed by atoms with Crippen molar-refractivity contribution in [1.29, 1.82) is 0 Å². The van der Waals surface area contributed by atoms with Crippen LogP contribution >= 0.6 is 0 Å². The predicted octanol–water partition coefficient (Wildman–Crippen LogP) is 0.118. The number of nitrogens with zero attached hydrogens (tertiary/aromatic N) is 1. The van der Waals surface area contributed by atoms with Crippen molar-refractivity contribution >= 4 is 12.0 Å². The second kappa shape index (κ2) is 6.32. The molecule has 0 bridgehead atoms. The number of carbonyl (C=O) groups excluding carboxylic acids is 1. The van der Waals surface area contributed by atoms with Gasteiger partial charge in [0.15, 0.2) is 6.10 Å². The second-order valence-corrected chi connectivity index (χ2v) is 4.14. The molecule has 1 unspecified atom stereocenters. The molecule has 0 aromatic heterocycles. The minimum Gasteiger partial charge on any atom is -0.479 e. The van der Waals surface area contributed by atoms with Crippen molar-refractivity contribution in [2.75, 3.05) is 13.6 Å². The van der Waals surface area contributed by atoms with Crippen molar-refractivity contribution in [3.05, 3.63) is 0 Å². The summed E-state index contributed by atoms with van der Waals surface area (Å²) in [6.45, 7) is 5.59. The fourth-order valence-electron chi connectivity index (χ4n) is 1.03. The molecule has 0 fully saturated rings. The van der Waals surface area contributed by atoms with Gasteiger partial charge in [-0.15, -0.1) is 0 Å². The van der Waals surface area contributed by atoms with Crippen molar-refractivity contribution < 1.29 is 19.8 Å². The maximum absolute atomic E-state index is 11.5. The number of rotatable bonds is 5. The molecule has 16 heavy (non-hydrogen) atoms. The Labute approximate surface area is 95.2 Å². The number of amides is 2.